The van der Waals surface area contributed by atoms with Crippen LogP contribution in [0.3, 0.4) is 0 Å². The van der Waals surface area contributed by atoms with Crippen molar-refractivity contribution < 1.29 is 4.74 Å². The minimum absolute atomic E-state index is 0.128. The van der Waals surface area contributed by atoms with Gasteiger partial charge < -0.3 is 4.74 Å². The average molecular weight is 263 g/mol. The molecule has 0 aliphatic carbocycles. The number of hydrogen-bond acceptors (Lipinski definition) is 2. The van der Waals surface area contributed by atoms with Gasteiger partial charge in [0.15, 0.2) is 0 Å². The Balaban J connectivity index is 1.79. The maximum absolute atomic E-state index is 6.09. The van der Waals surface area contributed by atoms with Gasteiger partial charge in [-0.1, -0.05) is 42.5 Å². The summed E-state index contributed by atoms with van der Waals surface area (Å²) in [6, 6.07) is 20.4. The summed E-state index contributed by atoms with van der Waals surface area (Å²) < 4.78 is 6.09. The van der Waals surface area contributed by atoms with Crippen molar-refractivity contribution in [2.75, 3.05) is 0 Å². The number of ether oxygens (including phenoxy) is 1. The molecule has 0 amide bonds. The van der Waals surface area contributed by atoms with E-state index in [1.54, 1.807) is 6.20 Å². The number of benzene rings is 2. The Bertz CT molecular complexity index is 689. The lowest BCUT2D eigenvalue weighted by Crippen LogP contribution is -2.15. The van der Waals surface area contributed by atoms with Crippen LogP contribution < -0.4 is 4.74 Å². The number of fused-ring (bicyclic) bond motifs is 1. The van der Waals surface area contributed by atoms with Crippen molar-refractivity contribution in [1.82, 2.24) is 4.98 Å². The van der Waals surface area contributed by atoms with Gasteiger partial charge in [-0.2, -0.15) is 0 Å². The number of pyridine rings is 1. The minimum atomic E-state index is 0.128. The monoisotopic (exact) mass is 263 g/mol. The molecule has 1 atom stereocenters. The predicted octanol–water partition coefficient (Wildman–Crippen LogP) is 4.24. The highest BCUT2D eigenvalue weighted by atomic mass is 16.5. The predicted molar refractivity (Wildman–Crippen MR) is 82.0 cm³/mol. The van der Waals surface area contributed by atoms with Gasteiger partial charge in [0.05, 0.1) is 11.6 Å². The number of para-hydroxylation sites is 1. The Morgan fingerprint density at radius 3 is 2.55 bits per heavy atom. The topological polar surface area (TPSA) is 22.1 Å². The molecular weight excluding hydrogens is 246 g/mol. The number of rotatable bonds is 4. The van der Waals surface area contributed by atoms with E-state index in [1.165, 1.54) is 5.56 Å². The van der Waals surface area contributed by atoms with Crippen LogP contribution in [0.15, 0.2) is 66.9 Å². The van der Waals surface area contributed by atoms with Crippen LogP contribution in [0, 0.1) is 0 Å². The average Bonchev–Trinajstić information content (AvgIpc) is 2.48. The maximum atomic E-state index is 6.09. The molecule has 0 N–H and O–H groups in total. The van der Waals surface area contributed by atoms with Gasteiger partial charge in [0.2, 0.25) is 0 Å². The van der Waals surface area contributed by atoms with Gasteiger partial charge in [0.25, 0.3) is 0 Å². The van der Waals surface area contributed by atoms with Crippen LogP contribution in [-0.2, 0) is 6.42 Å². The summed E-state index contributed by atoms with van der Waals surface area (Å²) in [6.07, 6.45) is 2.83. The third kappa shape index (κ3) is 2.80. The maximum Gasteiger partial charge on any atom is 0.130 e. The standard InChI is InChI=1S/C18H17NO/c1-14(13-15-7-3-2-4-8-15)20-18-11-12-19-17-10-6-5-9-16(17)18/h2-12,14H,13H2,1H3. The van der Waals surface area contributed by atoms with E-state index in [2.05, 4.69) is 36.2 Å². The molecule has 0 aliphatic heterocycles. The van der Waals surface area contributed by atoms with Gasteiger partial charge in [0.1, 0.15) is 5.75 Å². The molecule has 1 aromatic heterocycles. The summed E-state index contributed by atoms with van der Waals surface area (Å²) >= 11 is 0. The molecular formula is C18H17NO. The van der Waals surface area contributed by atoms with Gasteiger partial charge in [-0.05, 0) is 30.7 Å². The zero-order valence-corrected chi connectivity index (χ0v) is 11.5. The highest BCUT2D eigenvalue weighted by molar-refractivity contribution is 5.84. The zero-order valence-electron chi connectivity index (χ0n) is 11.5. The number of hydrogen-bond donors (Lipinski definition) is 0. The van der Waals surface area contributed by atoms with Crippen molar-refractivity contribution in [2.45, 2.75) is 19.4 Å². The number of aromatic nitrogens is 1. The quantitative estimate of drug-likeness (QED) is 0.702. The van der Waals surface area contributed by atoms with E-state index in [0.29, 0.717) is 0 Å². The molecule has 2 nitrogen and oxygen atoms in total. The van der Waals surface area contributed by atoms with Crippen molar-refractivity contribution in [3.05, 3.63) is 72.4 Å². The van der Waals surface area contributed by atoms with Crippen molar-refractivity contribution in [3.8, 4) is 5.75 Å². The Kier molecular flexibility index (Phi) is 3.64. The van der Waals surface area contributed by atoms with Gasteiger partial charge in [-0.3, -0.25) is 4.98 Å². The fourth-order valence-electron chi connectivity index (χ4n) is 2.38. The fourth-order valence-corrected chi connectivity index (χ4v) is 2.38. The molecule has 0 saturated carbocycles. The fraction of sp³-hybridized carbons (Fsp3) is 0.167. The van der Waals surface area contributed by atoms with E-state index in [1.807, 2.05) is 36.4 Å². The van der Waals surface area contributed by atoms with E-state index in [9.17, 15) is 0 Å². The van der Waals surface area contributed by atoms with Crippen LogP contribution >= 0.6 is 0 Å². The van der Waals surface area contributed by atoms with Crippen LogP contribution in [0.2, 0.25) is 0 Å². The van der Waals surface area contributed by atoms with Crippen LogP contribution in [0.25, 0.3) is 10.9 Å². The molecule has 0 bridgehead atoms. The lowest BCUT2D eigenvalue weighted by atomic mass is 10.1. The SMILES string of the molecule is CC(Cc1ccccc1)Oc1ccnc2ccccc12. The summed E-state index contributed by atoms with van der Waals surface area (Å²) in [7, 11) is 0. The molecule has 2 heteroatoms. The van der Waals surface area contributed by atoms with E-state index in [-0.39, 0.29) is 6.10 Å². The van der Waals surface area contributed by atoms with Crippen molar-refractivity contribution in [2.24, 2.45) is 0 Å². The lowest BCUT2D eigenvalue weighted by Gasteiger charge is -2.16. The molecule has 3 aromatic rings. The highest BCUT2D eigenvalue weighted by Crippen LogP contribution is 2.24. The van der Waals surface area contributed by atoms with Crippen molar-refractivity contribution >= 4 is 10.9 Å². The van der Waals surface area contributed by atoms with Gasteiger partial charge in [0, 0.05) is 18.0 Å². The second-order valence-electron chi connectivity index (χ2n) is 4.94. The van der Waals surface area contributed by atoms with Crippen LogP contribution in [0.5, 0.6) is 5.75 Å². The van der Waals surface area contributed by atoms with Gasteiger partial charge in [-0.25, -0.2) is 0 Å². The van der Waals surface area contributed by atoms with E-state index in [4.69, 9.17) is 4.74 Å². The molecule has 0 spiro atoms. The van der Waals surface area contributed by atoms with E-state index >= 15 is 0 Å². The Morgan fingerprint density at radius 2 is 1.70 bits per heavy atom. The third-order valence-corrected chi connectivity index (χ3v) is 3.30. The molecule has 1 unspecified atom stereocenters. The first-order chi connectivity index (χ1) is 9.83. The zero-order chi connectivity index (χ0) is 13.8. The summed E-state index contributed by atoms with van der Waals surface area (Å²) in [5, 5.41) is 1.06. The van der Waals surface area contributed by atoms with Crippen molar-refractivity contribution in [1.29, 1.82) is 0 Å². The van der Waals surface area contributed by atoms with E-state index in [0.717, 1.165) is 23.1 Å². The normalized spacial score (nSPS) is 12.2. The molecule has 3 rings (SSSR count). The second-order valence-corrected chi connectivity index (χ2v) is 4.94. The lowest BCUT2D eigenvalue weighted by molar-refractivity contribution is 0.225. The second kappa shape index (κ2) is 5.74. The summed E-state index contributed by atoms with van der Waals surface area (Å²) in [5.74, 6) is 0.902. The van der Waals surface area contributed by atoms with Crippen LogP contribution in [-0.4, -0.2) is 11.1 Å². The molecule has 2 aromatic carbocycles. The molecule has 20 heavy (non-hydrogen) atoms. The minimum Gasteiger partial charge on any atom is -0.490 e. The first-order valence-electron chi connectivity index (χ1n) is 6.87. The smallest absolute Gasteiger partial charge is 0.130 e. The largest absolute Gasteiger partial charge is 0.490 e. The van der Waals surface area contributed by atoms with Crippen LogP contribution in [0.4, 0.5) is 0 Å². The molecule has 100 valence electrons. The molecule has 1 heterocycles. The summed E-state index contributed by atoms with van der Waals surface area (Å²) in [6.45, 7) is 2.10. The Morgan fingerprint density at radius 1 is 0.950 bits per heavy atom. The first-order valence-corrected chi connectivity index (χ1v) is 6.87. The van der Waals surface area contributed by atoms with E-state index < -0.39 is 0 Å². The number of nitrogens with zero attached hydrogens (tertiary/aromatic N) is 1. The molecule has 0 saturated heterocycles. The van der Waals surface area contributed by atoms with Gasteiger partial charge in [-0.15, -0.1) is 0 Å². The van der Waals surface area contributed by atoms with Crippen molar-refractivity contribution in [3.63, 3.8) is 0 Å². The summed E-state index contributed by atoms with van der Waals surface area (Å²) in [4.78, 5) is 4.35. The van der Waals surface area contributed by atoms with Gasteiger partial charge >= 0.3 is 0 Å². The van der Waals surface area contributed by atoms with Crippen LogP contribution in [0.1, 0.15) is 12.5 Å². The third-order valence-electron chi connectivity index (χ3n) is 3.30. The Hall–Kier alpha value is -2.35. The molecule has 0 fully saturated rings. The molecule has 0 radical (unpaired) electrons. The highest BCUT2D eigenvalue weighted by Gasteiger charge is 2.08. The Labute approximate surface area is 119 Å². The summed E-state index contributed by atoms with van der Waals surface area (Å²) in [5.41, 5.74) is 2.26. The molecule has 0 aliphatic rings. The first kappa shape index (κ1) is 12.7.